The van der Waals surface area contributed by atoms with Gasteiger partial charge in [0.25, 0.3) is 5.91 Å². The number of carbonyl (C=O) groups is 1. The van der Waals surface area contributed by atoms with Crippen molar-refractivity contribution in [2.45, 2.75) is 19.4 Å². The zero-order valence-electron chi connectivity index (χ0n) is 16.3. The summed E-state index contributed by atoms with van der Waals surface area (Å²) in [6.07, 6.45) is 4.32. The minimum Gasteiger partial charge on any atom is -0.322 e. The SMILES string of the molecule is CC1=C(c2ccc(NC(=O)c3c(F)cncc3F)cc2)C(c2ccccn2)NCC1. The van der Waals surface area contributed by atoms with E-state index in [1.165, 1.54) is 5.57 Å². The summed E-state index contributed by atoms with van der Waals surface area (Å²) in [5.41, 5.74) is 4.13. The lowest BCUT2D eigenvalue weighted by molar-refractivity contribution is 0.101. The summed E-state index contributed by atoms with van der Waals surface area (Å²) < 4.78 is 27.6. The first-order chi connectivity index (χ1) is 14.5. The van der Waals surface area contributed by atoms with Crippen LogP contribution < -0.4 is 10.6 Å². The van der Waals surface area contributed by atoms with Crippen LogP contribution in [0.1, 0.15) is 41.0 Å². The molecule has 1 unspecified atom stereocenters. The highest BCUT2D eigenvalue weighted by atomic mass is 19.1. The van der Waals surface area contributed by atoms with Gasteiger partial charge in [-0.1, -0.05) is 23.8 Å². The third kappa shape index (κ3) is 3.97. The standard InChI is InChI=1S/C23H20F2N4O/c1-14-9-11-28-22(19-4-2-3-10-27-19)20(14)15-5-7-16(8-6-15)29-23(30)21-17(24)12-26-13-18(21)25/h2-8,10,12-13,22,28H,9,11H2,1H3,(H,29,30). The average molecular weight is 406 g/mol. The van der Waals surface area contributed by atoms with Crippen molar-refractivity contribution in [1.29, 1.82) is 0 Å². The fourth-order valence-corrected chi connectivity index (χ4v) is 3.65. The fourth-order valence-electron chi connectivity index (χ4n) is 3.65. The molecule has 1 aliphatic heterocycles. The van der Waals surface area contributed by atoms with Gasteiger partial charge in [0, 0.05) is 11.9 Å². The molecule has 7 heteroatoms. The molecule has 2 N–H and O–H groups in total. The summed E-state index contributed by atoms with van der Waals surface area (Å²) in [5, 5.41) is 6.05. The van der Waals surface area contributed by atoms with E-state index in [2.05, 4.69) is 27.5 Å². The second-order valence-electron chi connectivity index (χ2n) is 7.10. The normalized spacial score (nSPS) is 16.4. The summed E-state index contributed by atoms with van der Waals surface area (Å²) >= 11 is 0. The monoisotopic (exact) mass is 406 g/mol. The van der Waals surface area contributed by atoms with E-state index in [4.69, 9.17) is 0 Å². The summed E-state index contributed by atoms with van der Waals surface area (Å²) in [5.74, 6) is -2.87. The Kier molecular flexibility index (Phi) is 5.63. The van der Waals surface area contributed by atoms with Crippen LogP contribution in [0.15, 0.2) is 66.6 Å². The number of nitrogens with one attached hydrogen (secondary N) is 2. The Balaban J connectivity index is 1.59. The van der Waals surface area contributed by atoms with Crippen LogP contribution in [0.5, 0.6) is 0 Å². The maximum absolute atomic E-state index is 13.8. The number of carbonyl (C=O) groups excluding carboxylic acids is 1. The van der Waals surface area contributed by atoms with Gasteiger partial charge >= 0.3 is 0 Å². The quantitative estimate of drug-likeness (QED) is 0.669. The van der Waals surface area contributed by atoms with Gasteiger partial charge in [0.15, 0.2) is 11.6 Å². The molecule has 3 heterocycles. The molecule has 4 rings (SSSR count). The Bertz CT molecular complexity index is 1080. The molecule has 0 saturated carbocycles. The Hall–Kier alpha value is -3.45. The van der Waals surface area contributed by atoms with Crippen LogP contribution in [0.3, 0.4) is 0 Å². The molecule has 1 aliphatic rings. The highest BCUT2D eigenvalue weighted by Gasteiger charge is 2.24. The first-order valence-electron chi connectivity index (χ1n) is 9.59. The van der Waals surface area contributed by atoms with Gasteiger partial charge in [-0.2, -0.15) is 0 Å². The van der Waals surface area contributed by atoms with E-state index in [1.54, 1.807) is 18.3 Å². The topological polar surface area (TPSA) is 66.9 Å². The lowest BCUT2D eigenvalue weighted by Gasteiger charge is -2.29. The summed E-state index contributed by atoms with van der Waals surface area (Å²) in [4.78, 5) is 20.2. The lowest BCUT2D eigenvalue weighted by atomic mass is 9.87. The van der Waals surface area contributed by atoms with Crippen molar-refractivity contribution in [2.24, 2.45) is 0 Å². The summed E-state index contributed by atoms with van der Waals surface area (Å²) in [6.45, 7) is 2.98. The second kappa shape index (κ2) is 8.51. The molecule has 5 nitrogen and oxygen atoms in total. The minimum absolute atomic E-state index is 0.0274. The third-order valence-electron chi connectivity index (χ3n) is 5.11. The lowest BCUT2D eigenvalue weighted by Crippen LogP contribution is -2.29. The number of hydrogen-bond donors (Lipinski definition) is 2. The largest absolute Gasteiger partial charge is 0.322 e. The molecule has 2 aromatic heterocycles. The van der Waals surface area contributed by atoms with E-state index in [-0.39, 0.29) is 6.04 Å². The highest BCUT2D eigenvalue weighted by Crippen LogP contribution is 2.36. The zero-order chi connectivity index (χ0) is 21.1. The van der Waals surface area contributed by atoms with Crippen LogP contribution >= 0.6 is 0 Å². The van der Waals surface area contributed by atoms with Crippen LogP contribution in [0.25, 0.3) is 5.57 Å². The van der Waals surface area contributed by atoms with Crippen LogP contribution in [0, 0.1) is 11.6 Å². The number of aromatic nitrogens is 2. The van der Waals surface area contributed by atoms with Crippen molar-refractivity contribution in [1.82, 2.24) is 15.3 Å². The Labute approximate surface area is 172 Å². The van der Waals surface area contributed by atoms with Gasteiger partial charge in [0.05, 0.1) is 24.1 Å². The number of amides is 1. The van der Waals surface area contributed by atoms with Crippen molar-refractivity contribution in [3.05, 3.63) is 95.1 Å². The van der Waals surface area contributed by atoms with E-state index in [0.29, 0.717) is 5.69 Å². The number of pyridine rings is 2. The van der Waals surface area contributed by atoms with Crippen LogP contribution in [-0.2, 0) is 0 Å². The van der Waals surface area contributed by atoms with E-state index in [1.807, 2.05) is 30.3 Å². The second-order valence-corrected chi connectivity index (χ2v) is 7.10. The smallest absolute Gasteiger partial charge is 0.261 e. The number of benzene rings is 1. The molecule has 0 aliphatic carbocycles. The molecule has 0 fully saturated rings. The summed E-state index contributed by atoms with van der Waals surface area (Å²) in [7, 11) is 0. The molecule has 0 radical (unpaired) electrons. The average Bonchev–Trinajstić information content (AvgIpc) is 2.75. The molecular weight excluding hydrogens is 386 g/mol. The van der Waals surface area contributed by atoms with E-state index < -0.39 is 23.1 Å². The van der Waals surface area contributed by atoms with Crippen LogP contribution in [0.4, 0.5) is 14.5 Å². The van der Waals surface area contributed by atoms with Crippen molar-refractivity contribution in [3.8, 4) is 0 Å². The van der Waals surface area contributed by atoms with Crippen molar-refractivity contribution in [2.75, 3.05) is 11.9 Å². The predicted octanol–water partition coefficient (Wildman–Crippen LogP) is 4.52. The maximum atomic E-state index is 13.8. The van der Waals surface area contributed by atoms with E-state index in [0.717, 1.165) is 42.2 Å². The minimum atomic E-state index is -1.00. The summed E-state index contributed by atoms with van der Waals surface area (Å²) in [6, 6.07) is 13.0. The number of rotatable bonds is 4. The van der Waals surface area contributed by atoms with Gasteiger partial charge < -0.3 is 10.6 Å². The van der Waals surface area contributed by atoms with Gasteiger partial charge in [0.2, 0.25) is 0 Å². The van der Waals surface area contributed by atoms with E-state index in [9.17, 15) is 13.6 Å². The van der Waals surface area contributed by atoms with Crippen molar-refractivity contribution < 1.29 is 13.6 Å². The molecule has 1 amide bonds. The van der Waals surface area contributed by atoms with Gasteiger partial charge in [-0.3, -0.25) is 14.8 Å². The molecule has 3 aromatic rings. The zero-order valence-corrected chi connectivity index (χ0v) is 16.3. The molecule has 0 saturated heterocycles. The van der Waals surface area contributed by atoms with Crippen LogP contribution in [0.2, 0.25) is 0 Å². The van der Waals surface area contributed by atoms with Crippen LogP contribution in [-0.4, -0.2) is 22.4 Å². The van der Waals surface area contributed by atoms with Crippen molar-refractivity contribution >= 4 is 17.2 Å². The van der Waals surface area contributed by atoms with Gasteiger partial charge in [-0.15, -0.1) is 0 Å². The molecular formula is C23H20F2N4O. The highest BCUT2D eigenvalue weighted by molar-refractivity contribution is 6.04. The number of halogens is 2. The van der Waals surface area contributed by atoms with Gasteiger partial charge in [-0.25, -0.2) is 8.78 Å². The molecule has 0 bridgehead atoms. The molecule has 152 valence electrons. The van der Waals surface area contributed by atoms with Gasteiger partial charge in [0.1, 0.15) is 5.56 Å². The first-order valence-corrected chi connectivity index (χ1v) is 9.59. The first kappa shape index (κ1) is 19.8. The van der Waals surface area contributed by atoms with E-state index >= 15 is 0 Å². The molecule has 1 atom stereocenters. The molecule has 30 heavy (non-hydrogen) atoms. The maximum Gasteiger partial charge on any atom is 0.261 e. The Morgan fingerprint density at radius 3 is 2.50 bits per heavy atom. The predicted molar refractivity (Wildman–Crippen MR) is 111 cm³/mol. The van der Waals surface area contributed by atoms with Gasteiger partial charge in [-0.05, 0) is 55.3 Å². The molecule has 1 aromatic carbocycles. The number of anilines is 1. The third-order valence-corrected chi connectivity index (χ3v) is 5.11. The number of nitrogens with zero attached hydrogens (tertiary/aromatic N) is 2. The number of hydrogen-bond acceptors (Lipinski definition) is 4. The molecule has 0 spiro atoms. The Morgan fingerprint density at radius 1 is 1.10 bits per heavy atom. The fraction of sp³-hybridized carbons (Fsp3) is 0.174. The van der Waals surface area contributed by atoms with Crippen molar-refractivity contribution in [3.63, 3.8) is 0 Å². The Morgan fingerprint density at radius 2 is 1.83 bits per heavy atom.